The maximum absolute atomic E-state index is 6.12. The molecule has 0 aliphatic carbocycles. The fourth-order valence-corrected chi connectivity index (χ4v) is 4.20. The average molecular weight is 302 g/mol. The van der Waals surface area contributed by atoms with Gasteiger partial charge in [0.05, 0.1) is 0 Å². The maximum Gasteiger partial charge on any atom is 0.0410 e. The number of hydrogen-bond donors (Lipinski definition) is 1. The molecule has 2 unspecified atom stereocenters. The van der Waals surface area contributed by atoms with Crippen LogP contribution in [0.3, 0.4) is 0 Å². The molecule has 1 aliphatic rings. The molecule has 1 aromatic carbocycles. The van der Waals surface area contributed by atoms with Crippen molar-refractivity contribution in [2.75, 3.05) is 17.3 Å². The first-order chi connectivity index (χ1) is 8.70. The number of halogens is 1. The second-order valence-electron chi connectivity index (χ2n) is 4.60. The third kappa shape index (κ3) is 3.83. The van der Waals surface area contributed by atoms with Gasteiger partial charge in [-0.2, -0.15) is 11.8 Å². The number of rotatable bonds is 5. The quantitative estimate of drug-likeness (QED) is 0.853. The van der Waals surface area contributed by atoms with Gasteiger partial charge >= 0.3 is 0 Å². The SMILES string of the molecule is CCSCC(C)NC1CCSc2ccc(Cl)cc21. The summed E-state index contributed by atoms with van der Waals surface area (Å²) in [6.07, 6.45) is 1.19. The van der Waals surface area contributed by atoms with Gasteiger partial charge in [-0.25, -0.2) is 0 Å². The van der Waals surface area contributed by atoms with Crippen molar-refractivity contribution in [1.82, 2.24) is 5.32 Å². The largest absolute Gasteiger partial charge is 0.307 e. The summed E-state index contributed by atoms with van der Waals surface area (Å²) in [5.74, 6) is 3.56. The van der Waals surface area contributed by atoms with Gasteiger partial charge in [0, 0.05) is 27.8 Å². The minimum Gasteiger partial charge on any atom is -0.307 e. The fraction of sp³-hybridized carbons (Fsp3) is 0.571. The summed E-state index contributed by atoms with van der Waals surface area (Å²) in [6, 6.07) is 7.29. The van der Waals surface area contributed by atoms with Gasteiger partial charge in [-0.15, -0.1) is 11.8 Å². The lowest BCUT2D eigenvalue weighted by atomic mass is 10.0. The van der Waals surface area contributed by atoms with E-state index in [0.717, 1.165) is 5.02 Å². The fourth-order valence-electron chi connectivity index (χ4n) is 2.22. The molecule has 0 saturated heterocycles. The lowest BCUT2D eigenvalue weighted by Gasteiger charge is -2.29. The smallest absolute Gasteiger partial charge is 0.0410 e. The molecule has 1 aliphatic heterocycles. The first kappa shape index (κ1) is 14.6. The summed E-state index contributed by atoms with van der Waals surface area (Å²) in [5.41, 5.74) is 1.38. The van der Waals surface area contributed by atoms with Crippen LogP contribution in [0.4, 0.5) is 0 Å². The molecule has 2 atom stereocenters. The Bertz CT molecular complexity index is 397. The van der Waals surface area contributed by atoms with Crippen LogP contribution in [0.1, 0.15) is 31.9 Å². The Morgan fingerprint density at radius 1 is 1.56 bits per heavy atom. The summed E-state index contributed by atoms with van der Waals surface area (Å²) in [7, 11) is 0. The lowest BCUT2D eigenvalue weighted by molar-refractivity contribution is 0.463. The molecule has 0 radical (unpaired) electrons. The zero-order chi connectivity index (χ0) is 13.0. The minimum absolute atomic E-state index is 0.465. The van der Waals surface area contributed by atoms with E-state index < -0.39 is 0 Å². The summed E-state index contributed by atoms with van der Waals surface area (Å²) < 4.78 is 0. The van der Waals surface area contributed by atoms with Crippen molar-refractivity contribution in [3.63, 3.8) is 0 Å². The molecule has 1 aromatic rings. The van der Waals surface area contributed by atoms with E-state index in [1.165, 1.54) is 34.1 Å². The van der Waals surface area contributed by atoms with Gasteiger partial charge in [0.25, 0.3) is 0 Å². The number of thioether (sulfide) groups is 2. The molecule has 0 amide bonds. The normalized spacial score (nSPS) is 20.5. The van der Waals surface area contributed by atoms with E-state index in [0.29, 0.717) is 12.1 Å². The lowest BCUT2D eigenvalue weighted by Crippen LogP contribution is -2.34. The van der Waals surface area contributed by atoms with Crippen LogP contribution in [0.5, 0.6) is 0 Å². The second-order valence-corrected chi connectivity index (χ2v) is 7.49. The highest BCUT2D eigenvalue weighted by atomic mass is 35.5. The molecule has 0 bridgehead atoms. The molecule has 0 saturated carbocycles. The molecule has 1 nitrogen and oxygen atoms in total. The van der Waals surface area contributed by atoms with Crippen molar-refractivity contribution >= 4 is 35.1 Å². The van der Waals surface area contributed by atoms with Crippen molar-refractivity contribution in [2.24, 2.45) is 0 Å². The monoisotopic (exact) mass is 301 g/mol. The highest BCUT2D eigenvalue weighted by Gasteiger charge is 2.22. The Morgan fingerprint density at radius 3 is 3.17 bits per heavy atom. The van der Waals surface area contributed by atoms with Gasteiger partial charge in [-0.05, 0) is 48.6 Å². The first-order valence-electron chi connectivity index (χ1n) is 6.46. The molecule has 100 valence electrons. The van der Waals surface area contributed by atoms with Crippen molar-refractivity contribution in [3.05, 3.63) is 28.8 Å². The molecule has 4 heteroatoms. The minimum atomic E-state index is 0.465. The van der Waals surface area contributed by atoms with Gasteiger partial charge < -0.3 is 5.32 Å². The molecule has 0 spiro atoms. The molecular formula is C14H20ClNS2. The molecule has 1 heterocycles. The van der Waals surface area contributed by atoms with Crippen LogP contribution in [-0.4, -0.2) is 23.3 Å². The predicted molar refractivity (Wildman–Crippen MR) is 85.1 cm³/mol. The van der Waals surface area contributed by atoms with Crippen LogP contribution in [0.25, 0.3) is 0 Å². The van der Waals surface area contributed by atoms with Crippen LogP contribution in [0.15, 0.2) is 23.1 Å². The van der Waals surface area contributed by atoms with Gasteiger partial charge in [0.1, 0.15) is 0 Å². The Hall–Kier alpha value is 0.170. The maximum atomic E-state index is 6.12. The third-order valence-corrected chi connectivity index (χ3v) is 5.57. The van der Waals surface area contributed by atoms with Gasteiger partial charge in [-0.3, -0.25) is 0 Å². The van der Waals surface area contributed by atoms with Gasteiger partial charge in [0.2, 0.25) is 0 Å². The van der Waals surface area contributed by atoms with E-state index in [2.05, 4.69) is 31.3 Å². The van der Waals surface area contributed by atoms with Crippen molar-refractivity contribution in [2.45, 2.75) is 37.2 Å². The zero-order valence-corrected chi connectivity index (χ0v) is 13.3. The van der Waals surface area contributed by atoms with Gasteiger partial charge in [-0.1, -0.05) is 18.5 Å². The first-order valence-corrected chi connectivity index (χ1v) is 8.98. The van der Waals surface area contributed by atoms with E-state index in [1.54, 1.807) is 0 Å². The topological polar surface area (TPSA) is 12.0 Å². The average Bonchev–Trinajstić information content (AvgIpc) is 2.37. The second kappa shape index (κ2) is 7.09. The molecular weight excluding hydrogens is 282 g/mol. The van der Waals surface area contributed by atoms with Crippen molar-refractivity contribution in [3.8, 4) is 0 Å². The van der Waals surface area contributed by atoms with Crippen LogP contribution >= 0.6 is 35.1 Å². The third-order valence-electron chi connectivity index (χ3n) is 3.07. The highest BCUT2D eigenvalue weighted by molar-refractivity contribution is 7.99. The highest BCUT2D eigenvalue weighted by Crippen LogP contribution is 2.37. The summed E-state index contributed by atoms with van der Waals surface area (Å²) >= 11 is 10.1. The number of hydrogen-bond acceptors (Lipinski definition) is 3. The van der Waals surface area contributed by atoms with E-state index >= 15 is 0 Å². The Morgan fingerprint density at radius 2 is 2.39 bits per heavy atom. The Balaban J connectivity index is 2.05. The number of fused-ring (bicyclic) bond motifs is 1. The zero-order valence-electron chi connectivity index (χ0n) is 10.9. The molecule has 2 rings (SSSR count). The standard InChI is InChI=1S/C14H20ClNS2/c1-3-17-9-10(2)16-13-6-7-18-14-5-4-11(15)8-12(13)14/h4-5,8,10,13,16H,3,6-7,9H2,1-2H3. The predicted octanol–water partition coefficient (Wildman–Crippen LogP) is 4.61. The van der Waals surface area contributed by atoms with E-state index in [1.807, 2.05) is 29.6 Å². The summed E-state index contributed by atoms with van der Waals surface area (Å²) in [5, 5.41) is 4.59. The molecule has 1 N–H and O–H groups in total. The van der Waals surface area contributed by atoms with Crippen LogP contribution in [0, 0.1) is 0 Å². The van der Waals surface area contributed by atoms with Crippen LogP contribution in [-0.2, 0) is 0 Å². The summed E-state index contributed by atoms with van der Waals surface area (Å²) in [6.45, 7) is 4.48. The molecule has 18 heavy (non-hydrogen) atoms. The van der Waals surface area contributed by atoms with E-state index in [9.17, 15) is 0 Å². The Kier molecular flexibility index (Phi) is 5.74. The van der Waals surface area contributed by atoms with E-state index in [-0.39, 0.29) is 0 Å². The Labute approximate surface area is 123 Å². The van der Waals surface area contributed by atoms with Crippen molar-refractivity contribution in [1.29, 1.82) is 0 Å². The summed E-state index contributed by atoms with van der Waals surface area (Å²) in [4.78, 5) is 1.39. The van der Waals surface area contributed by atoms with Crippen molar-refractivity contribution < 1.29 is 0 Å². The number of nitrogens with one attached hydrogen (secondary N) is 1. The van der Waals surface area contributed by atoms with Gasteiger partial charge in [0.15, 0.2) is 0 Å². The van der Waals surface area contributed by atoms with Crippen LogP contribution in [0.2, 0.25) is 5.02 Å². The van der Waals surface area contributed by atoms with E-state index in [4.69, 9.17) is 11.6 Å². The van der Waals surface area contributed by atoms with Crippen LogP contribution < -0.4 is 5.32 Å². The molecule has 0 aromatic heterocycles. The molecule has 0 fully saturated rings. The number of benzene rings is 1.